The molecule has 3 N–H and O–H groups in total. The molecule has 1 aliphatic heterocycles. The molecule has 0 radical (unpaired) electrons. The quantitative estimate of drug-likeness (QED) is 0.787. The maximum Gasteiger partial charge on any atom is 0.222 e. The van der Waals surface area contributed by atoms with Crippen molar-refractivity contribution in [1.29, 1.82) is 0 Å². The average Bonchev–Trinajstić information content (AvgIpc) is 2.25. The number of nitrogens with two attached hydrogens (primary N) is 1. The Balaban J connectivity index is 1.98. The van der Waals surface area contributed by atoms with Crippen LogP contribution in [-0.2, 0) is 13.0 Å². The molecule has 0 spiro atoms. The van der Waals surface area contributed by atoms with E-state index in [1.807, 2.05) is 0 Å². The van der Waals surface area contributed by atoms with Gasteiger partial charge in [-0.15, -0.1) is 0 Å². The first-order valence-corrected chi connectivity index (χ1v) is 6.34. The van der Waals surface area contributed by atoms with Crippen LogP contribution in [0.4, 0.5) is 11.8 Å². The van der Waals surface area contributed by atoms with Crippen molar-refractivity contribution in [2.24, 2.45) is 0 Å². The summed E-state index contributed by atoms with van der Waals surface area (Å²) in [6.07, 6.45) is 4.81. The Morgan fingerprint density at radius 1 is 1.35 bits per heavy atom. The highest BCUT2D eigenvalue weighted by Gasteiger charge is 2.27. The fourth-order valence-corrected chi connectivity index (χ4v) is 2.58. The lowest BCUT2D eigenvalue weighted by Gasteiger charge is -2.37. The number of aromatic nitrogens is 2. The van der Waals surface area contributed by atoms with Crippen molar-refractivity contribution in [3.8, 4) is 0 Å². The number of anilines is 2. The fourth-order valence-electron chi connectivity index (χ4n) is 2.58. The minimum Gasteiger partial charge on any atom is -0.368 e. The summed E-state index contributed by atoms with van der Waals surface area (Å²) in [5.74, 6) is 1.44. The van der Waals surface area contributed by atoms with E-state index in [1.54, 1.807) is 0 Å². The van der Waals surface area contributed by atoms with Gasteiger partial charge in [-0.2, -0.15) is 4.98 Å². The van der Waals surface area contributed by atoms with Gasteiger partial charge in [0, 0.05) is 38.2 Å². The Morgan fingerprint density at radius 3 is 2.88 bits per heavy atom. The summed E-state index contributed by atoms with van der Waals surface area (Å²) in [6, 6.07) is 0.635. The van der Waals surface area contributed by atoms with Crippen LogP contribution in [0.3, 0.4) is 0 Å². The number of rotatable bonds is 2. The molecular formula is C12H19N5. The van der Waals surface area contributed by atoms with E-state index in [4.69, 9.17) is 5.73 Å². The van der Waals surface area contributed by atoms with Crippen molar-refractivity contribution in [3.63, 3.8) is 0 Å². The summed E-state index contributed by atoms with van der Waals surface area (Å²) >= 11 is 0. The molecule has 0 bridgehead atoms. The van der Waals surface area contributed by atoms with E-state index in [-0.39, 0.29) is 0 Å². The molecule has 92 valence electrons. The molecule has 0 atom stereocenters. The second-order valence-corrected chi connectivity index (χ2v) is 4.95. The number of fused-ring (bicyclic) bond motifs is 1. The van der Waals surface area contributed by atoms with Gasteiger partial charge in [0.05, 0.1) is 5.69 Å². The van der Waals surface area contributed by atoms with E-state index >= 15 is 0 Å². The molecule has 0 aromatic carbocycles. The zero-order valence-corrected chi connectivity index (χ0v) is 10.2. The van der Waals surface area contributed by atoms with Crippen LogP contribution in [-0.4, -0.2) is 29.6 Å². The van der Waals surface area contributed by atoms with Gasteiger partial charge in [-0.25, -0.2) is 4.98 Å². The lowest BCUT2D eigenvalue weighted by atomic mass is 9.91. The zero-order chi connectivity index (χ0) is 11.8. The van der Waals surface area contributed by atoms with Crippen LogP contribution < -0.4 is 16.0 Å². The van der Waals surface area contributed by atoms with Gasteiger partial charge in [0.15, 0.2) is 0 Å². The highest BCUT2D eigenvalue weighted by Crippen LogP contribution is 2.31. The third kappa shape index (κ3) is 1.84. The minimum absolute atomic E-state index is 0.409. The van der Waals surface area contributed by atoms with Gasteiger partial charge >= 0.3 is 0 Å². The maximum atomic E-state index is 5.81. The van der Waals surface area contributed by atoms with E-state index in [2.05, 4.69) is 27.2 Å². The predicted molar refractivity (Wildman–Crippen MR) is 67.9 cm³/mol. The first-order valence-electron chi connectivity index (χ1n) is 6.34. The summed E-state index contributed by atoms with van der Waals surface area (Å²) in [5.41, 5.74) is 8.17. The molecular weight excluding hydrogens is 214 g/mol. The number of nitrogen functional groups attached to an aromatic ring is 1. The molecule has 2 aliphatic rings. The third-order valence-electron chi connectivity index (χ3n) is 3.89. The number of nitrogens with one attached hydrogen (secondary N) is 1. The molecule has 5 heteroatoms. The van der Waals surface area contributed by atoms with E-state index in [0.29, 0.717) is 12.0 Å². The van der Waals surface area contributed by atoms with Gasteiger partial charge in [-0.05, 0) is 19.3 Å². The predicted octanol–water partition coefficient (Wildman–Crippen LogP) is 0.693. The van der Waals surface area contributed by atoms with E-state index < -0.39 is 0 Å². The Labute approximate surface area is 101 Å². The van der Waals surface area contributed by atoms with E-state index in [9.17, 15) is 0 Å². The van der Waals surface area contributed by atoms with Crippen LogP contribution in [0, 0.1) is 0 Å². The number of hydrogen-bond donors (Lipinski definition) is 2. The first-order chi connectivity index (χ1) is 8.25. The van der Waals surface area contributed by atoms with Gasteiger partial charge < -0.3 is 16.0 Å². The van der Waals surface area contributed by atoms with Gasteiger partial charge in [-0.1, -0.05) is 0 Å². The smallest absolute Gasteiger partial charge is 0.222 e. The van der Waals surface area contributed by atoms with Crippen LogP contribution in [0.15, 0.2) is 0 Å². The standard InChI is InChI=1S/C12H19N5/c1-17(8-3-2-4-8)11-9-7-14-6-5-10(9)15-12(13)16-11/h8,14H,2-7H2,1H3,(H2,13,15,16). The summed E-state index contributed by atoms with van der Waals surface area (Å²) < 4.78 is 0. The molecule has 1 saturated carbocycles. The first kappa shape index (κ1) is 10.8. The van der Waals surface area contributed by atoms with Crippen LogP contribution in [0.5, 0.6) is 0 Å². The summed E-state index contributed by atoms with van der Waals surface area (Å²) in [6.45, 7) is 1.85. The molecule has 5 nitrogen and oxygen atoms in total. The van der Waals surface area contributed by atoms with Crippen molar-refractivity contribution in [2.75, 3.05) is 24.2 Å². The second-order valence-electron chi connectivity index (χ2n) is 4.95. The van der Waals surface area contributed by atoms with Crippen molar-refractivity contribution >= 4 is 11.8 Å². The maximum absolute atomic E-state index is 5.81. The van der Waals surface area contributed by atoms with Gasteiger partial charge in [-0.3, -0.25) is 0 Å². The molecule has 1 aromatic rings. The highest BCUT2D eigenvalue weighted by molar-refractivity contribution is 5.53. The van der Waals surface area contributed by atoms with Crippen molar-refractivity contribution in [2.45, 2.75) is 38.3 Å². The normalized spacial score (nSPS) is 19.6. The van der Waals surface area contributed by atoms with Crippen LogP contribution in [0.2, 0.25) is 0 Å². The van der Waals surface area contributed by atoms with Gasteiger partial charge in [0.25, 0.3) is 0 Å². The monoisotopic (exact) mass is 233 g/mol. The summed E-state index contributed by atoms with van der Waals surface area (Å²) in [7, 11) is 2.13. The SMILES string of the molecule is CN(c1nc(N)nc2c1CNCC2)C1CCC1. The molecule has 0 unspecified atom stereocenters. The van der Waals surface area contributed by atoms with Gasteiger partial charge in [0.2, 0.25) is 5.95 Å². The minimum atomic E-state index is 0.409. The Bertz CT molecular complexity index is 427. The molecule has 1 aliphatic carbocycles. The molecule has 1 fully saturated rings. The largest absolute Gasteiger partial charge is 0.368 e. The van der Waals surface area contributed by atoms with E-state index in [0.717, 1.165) is 31.0 Å². The molecule has 2 heterocycles. The lowest BCUT2D eigenvalue weighted by molar-refractivity contribution is 0.398. The molecule has 0 amide bonds. The zero-order valence-electron chi connectivity index (χ0n) is 10.2. The molecule has 0 saturated heterocycles. The number of nitrogens with zero attached hydrogens (tertiary/aromatic N) is 3. The Hall–Kier alpha value is -1.36. The summed E-state index contributed by atoms with van der Waals surface area (Å²) in [5, 5.41) is 3.38. The molecule has 3 rings (SSSR count). The van der Waals surface area contributed by atoms with Crippen molar-refractivity contribution < 1.29 is 0 Å². The topological polar surface area (TPSA) is 67.1 Å². The van der Waals surface area contributed by atoms with E-state index in [1.165, 1.54) is 24.8 Å². The van der Waals surface area contributed by atoms with Crippen molar-refractivity contribution in [3.05, 3.63) is 11.3 Å². The highest BCUT2D eigenvalue weighted by atomic mass is 15.2. The number of hydrogen-bond acceptors (Lipinski definition) is 5. The fraction of sp³-hybridized carbons (Fsp3) is 0.667. The third-order valence-corrected chi connectivity index (χ3v) is 3.89. The molecule has 17 heavy (non-hydrogen) atoms. The lowest BCUT2D eigenvalue weighted by Crippen LogP contribution is -2.39. The van der Waals surface area contributed by atoms with Crippen LogP contribution in [0.25, 0.3) is 0 Å². The second kappa shape index (κ2) is 4.14. The van der Waals surface area contributed by atoms with Crippen LogP contribution in [0.1, 0.15) is 30.5 Å². The van der Waals surface area contributed by atoms with Crippen LogP contribution >= 0.6 is 0 Å². The average molecular weight is 233 g/mol. The molecule has 1 aromatic heterocycles. The Kier molecular flexibility index (Phi) is 2.63. The summed E-state index contributed by atoms with van der Waals surface area (Å²) in [4.78, 5) is 11.1. The van der Waals surface area contributed by atoms with Gasteiger partial charge in [0.1, 0.15) is 5.82 Å². The van der Waals surface area contributed by atoms with Crippen molar-refractivity contribution in [1.82, 2.24) is 15.3 Å². The Morgan fingerprint density at radius 2 is 2.18 bits per heavy atom.